The van der Waals surface area contributed by atoms with Crippen LogP contribution in [-0.4, -0.2) is 58.9 Å². The van der Waals surface area contributed by atoms with Crippen molar-refractivity contribution >= 4 is 0 Å². The zero-order valence-corrected chi connectivity index (χ0v) is 13.1. The summed E-state index contributed by atoms with van der Waals surface area (Å²) in [5.74, 6) is 0. The fourth-order valence-corrected chi connectivity index (χ4v) is 2.45. The lowest BCUT2D eigenvalue weighted by Gasteiger charge is -2.23. The number of rotatable bonds is 12. The molecule has 0 amide bonds. The summed E-state index contributed by atoms with van der Waals surface area (Å²) >= 11 is 0. The van der Waals surface area contributed by atoms with E-state index in [0.29, 0.717) is 0 Å². The molecule has 3 nitrogen and oxygen atoms in total. The number of likely N-dealkylation sites (N-methyl/N-ethyl adjacent to an activating group) is 2. The quantitative estimate of drug-likeness (QED) is 0.332. The molecular formula is C15H36N3+3. The maximum atomic E-state index is 3.90. The Kier molecular flexibility index (Phi) is 11.4. The highest BCUT2D eigenvalue weighted by molar-refractivity contribution is 4.62. The molecule has 108 valence electrons. The molecule has 0 fully saturated rings. The van der Waals surface area contributed by atoms with Crippen LogP contribution in [0.25, 0.3) is 0 Å². The van der Waals surface area contributed by atoms with Gasteiger partial charge in [-0.2, -0.15) is 0 Å². The molecule has 0 aliphatic heterocycles. The van der Waals surface area contributed by atoms with Crippen LogP contribution in [0.4, 0.5) is 0 Å². The lowest BCUT2D eigenvalue weighted by Crippen LogP contribution is -3.23. The minimum Gasteiger partial charge on any atom is -0.331 e. The van der Waals surface area contributed by atoms with Crippen molar-refractivity contribution in [1.29, 1.82) is 0 Å². The van der Waals surface area contributed by atoms with Crippen molar-refractivity contribution in [2.45, 2.75) is 27.7 Å². The number of quaternary nitrogens is 3. The van der Waals surface area contributed by atoms with Crippen LogP contribution in [0.3, 0.4) is 0 Å². The molecule has 3 N–H and O–H groups in total. The highest BCUT2D eigenvalue weighted by atomic mass is 15.2. The molecule has 0 saturated carbocycles. The van der Waals surface area contributed by atoms with Crippen molar-refractivity contribution in [3.63, 3.8) is 0 Å². The van der Waals surface area contributed by atoms with E-state index in [0.717, 1.165) is 6.54 Å². The fourth-order valence-electron chi connectivity index (χ4n) is 2.45. The largest absolute Gasteiger partial charge is 0.331 e. The van der Waals surface area contributed by atoms with Gasteiger partial charge in [-0.15, -0.1) is 0 Å². The van der Waals surface area contributed by atoms with E-state index < -0.39 is 0 Å². The van der Waals surface area contributed by atoms with Gasteiger partial charge in [0.2, 0.25) is 0 Å². The van der Waals surface area contributed by atoms with E-state index >= 15 is 0 Å². The van der Waals surface area contributed by atoms with Gasteiger partial charge in [-0.05, 0) is 33.8 Å². The van der Waals surface area contributed by atoms with Gasteiger partial charge in [0.05, 0.1) is 32.7 Å². The Morgan fingerprint density at radius 3 is 1.28 bits per heavy atom. The molecule has 0 unspecified atom stereocenters. The summed E-state index contributed by atoms with van der Waals surface area (Å²) in [5.41, 5.74) is 0. The molecule has 0 aromatic carbocycles. The zero-order valence-electron chi connectivity index (χ0n) is 13.1. The van der Waals surface area contributed by atoms with Gasteiger partial charge in [0.1, 0.15) is 26.2 Å². The Hall–Kier alpha value is -0.380. The van der Waals surface area contributed by atoms with Crippen LogP contribution in [-0.2, 0) is 0 Å². The van der Waals surface area contributed by atoms with E-state index in [-0.39, 0.29) is 0 Å². The first-order valence-electron chi connectivity index (χ1n) is 7.83. The Morgan fingerprint density at radius 1 is 0.667 bits per heavy atom. The SMILES string of the molecule is C=CC[NH+](CC[NH+](CC)CC)CC[NH+](CC)CC. The molecule has 0 spiro atoms. The summed E-state index contributed by atoms with van der Waals surface area (Å²) < 4.78 is 0. The summed E-state index contributed by atoms with van der Waals surface area (Å²) in [7, 11) is 0. The van der Waals surface area contributed by atoms with E-state index in [9.17, 15) is 0 Å². The second kappa shape index (κ2) is 11.7. The minimum absolute atomic E-state index is 1.11. The second-order valence-electron chi connectivity index (χ2n) is 5.16. The summed E-state index contributed by atoms with van der Waals surface area (Å²) in [5, 5.41) is 0. The Morgan fingerprint density at radius 2 is 1.00 bits per heavy atom. The molecule has 0 aliphatic rings. The lowest BCUT2D eigenvalue weighted by molar-refractivity contribution is -0.976. The van der Waals surface area contributed by atoms with Crippen molar-refractivity contribution in [2.75, 3.05) is 58.9 Å². The summed E-state index contributed by atoms with van der Waals surface area (Å²) in [6, 6.07) is 0. The van der Waals surface area contributed by atoms with Gasteiger partial charge in [0.25, 0.3) is 0 Å². The van der Waals surface area contributed by atoms with Crippen LogP contribution in [0.2, 0.25) is 0 Å². The van der Waals surface area contributed by atoms with Crippen LogP contribution < -0.4 is 14.7 Å². The average Bonchev–Trinajstić information content (AvgIpc) is 2.40. The van der Waals surface area contributed by atoms with Crippen LogP contribution >= 0.6 is 0 Å². The Balaban J connectivity index is 4.01. The Bertz CT molecular complexity index is 170. The van der Waals surface area contributed by atoms with Crippen molar-refractivity contribution < 1.29 is 14.7 Å². The minimum atomic E-state index is 1.11. The maximum absolute atomic E-state index is 3.90. The molecule has 0 rings (SSSR count). The first-order chi connectivity index (χ1) is 8.71. The molecule has 0 saturated heterocycles. The van der Waals surface area contributed by atoms with Crippen molar-refractivity contribution in [1.82, 2.24) is 0 Å². The second-order valence-corrected chi connectivity index (χ2v) is 5.16. The molecule has 0 aromatic rings. The predicted molar refractivity (Wildman–Crippen MR) is 79.6 cm³/mol. The van der Waals surface area contributed by atoms with E-state index in [1.807, 2.05) is 0 Å². The number of nitrogens with one attached hydrogen (secondary N) is 3. The molecule has 0 aromatic heterocycles. The van der Waals surface area contributed by atoms with Gasteiger partial charge in [0.15, 0.2) is 0 Å². The lowest BCUT2D eigenvalue weighted by atomic mass is 10.3. The van der Waals surface area contributed by atoms with Crippen LogP contribution in [0, 0.1) is 0 Å². The monoisotopic (exact) mass is 258 g/mol. The van der Waals surface area contributed by atoms with Gasteiger partial charge >= 0.3 is 0 Å². The fraction of sp³-hybridized carbons (Fsp3) is 0.867. The molecule has 0 radical (unpaired) electrons. The highest BCUT2D eigenvalue weighted by Gasteiger charge is 2.13. The number of hydrogen-bond donors (Lipinski definition) is 3. The third kappa shape index (κ3) is 7.85. The predicted octanol–water partition coefficient (Wildman–Crippen LogP) is -2.09. The van der Waals surface area contributed by atoms with Crippen LogP contribution in [0.1, 0.15) is 27.7 Å². The standard InChI is InChI=1S/C15H33N3/c1-6-11-18(14-12-16(7-2)8-3)15-13-17(9-4)10-5/h6H,1,7-15H2,2-5H3/p+3. The molecular weight excluding hydrogens is 222 g/mol. The van der Waals surface area contributed by atoms with E-state index in [4.69, 9.17) is 0 Å². The van der Waals surface area contributed by atoms with Crippen LogP contribution in [0.15, 0.2) is 12.7 Å². The summed E-state index contributed by atoms with van der Waals surface area (Å²) in [6.45, 7) is 24.3. The zero-order chi connectivity index (χ0) is 13.8. The topological polar surface area (TPSA) is 13.3 Å². The van der Waals surface area contributed by atoms with Crippen molar-refractivity contribution in [3.05, 3.63) is 12.7 Å². The van der Waals surface area contributed by atoms with Gasteiger partial charge in [-0.3, -0.25) is 0 Å². The number of hydrogen-bond acceptors (Lipinski definition) is 0. The summed E-state index contributed by atoms with van der Waals surface area (Å²) in [6.07, 6.45) is 2.07. The van der Waals surface area contributed by atoms with Gasteiger partial charge in [-0.25, -0.2) is 0 Å². The molecule has 0 atom stereocenters. The maximum Gasteiger partial charge on any atom is 0.127 e. The molecule has 0 bridgehead atoms. The van der Waals surface area contributed by atoms with Crippen LogP contribution in [0.5, 0.6) is 0 Å². The van der Waals surface area contributed by atoms with Gasteiger partial charge in [0, 0.05) is 0 Å². The van der Waals surface area contributed by atoms with Gasteiger partial charge < -0.3 is 14.7 Å². The first kappa shape index (κ1) is 17.6. The summed E-state index contributed by atoms with van der Waals surface area (Å²) in [4.78, 5) is 5.13. The normalized spacial score (nSPS) is 11.7. The molecule has 3 heteroatoms. The highest BCUT2D eigenvalue weighted by Crippen LogP contribution is 1.57. The van der Waals surface area contributed by atoms with Crippen molar-refractivity contribution in [2.24, 2.45) is 0 Å². The smallest absolute Gasteiger partial charge is 0.127 e. The third-order valence-corrected chi connectivity index (χ3v) is 4.10. The first-order valence-corrected chi connectivity index (χ1v) is 7.83. The van der Waals surface area contributed by atoms with Gasteiger partial charge in [-0.1, -0.05) is 6.58 Å². The Labute approximate surface area is 114 Å². The van der Waals surface area contributed by atoms with E-state index in [1.54, 1.807) is 14.7 Å². The average molecular weight is 258 g/mol. The molecule has 0 heterocycles. The van der Waals surface area contributed by atoms with E-state index in [1.165, 1.54) is 52.4 Å². The van der Waals surface area contributed by atoms with Crippen molar-refractivity contribution in [3.8, 4) is 0 Å². The third-order valence-electron chi connectivity index (χ3n) is 4.10. The van der Waals surface area contributed by atoms with E-state index in [2.05, 4.69) is 40.3 Å². The molecule has 18 heavy (non-hydrogen) atoms. The molecule has 0 aliphatic carbocycles.